The highest BCUT2D eigenvalue weighted by Gasteiger charge is 2.15. The molecule has 100 valence electrons. The van der Waals surface area contributed by atoms with Gasteiger partial charge in [-0.2, -0.15) is 11.8 Å². The first-order valence-corrected chi connectivity index (χ1v) is 8.17. The maximum atomic E-state index is 4.25. The van der Waals surface area contributed by atoms with Crippen LogP contribution in [-0.2, 0) is 6.54 Å². The number of thiazole rings is 1. The molecule has 6 heteroatoms. The molecule has 1 aromatic rings. The molecule has 1 atom stereocenters. The molecule has 0 amide bonds. The summed E-state index contributed by atoms with van der Waals surface area (Å²) in [5.74, 6) is 2.19. The minimum atomic E-state index is 0.744. The maximum Gasteiger partial charge on any atom is 0.191 e. The summed E-state index contributed by atoms with van der Waals surface area (Å²) in [5.41, 5.74) is 2.99. The fourth-order valence-corrected chi connectivity index (χ4v) is 3.81. The van der Waals surface area contributed by atoms with Gasteiger partial charge in [-0.15, -0.1) is 11.3 Å². The van der Waals surface area contributed by atoms with Crippen molar-refractivity contribution in [2.45, 2.75) is 31.6 Å². The Balaban J connectivity index is 1.74. The zero-order chi connectivity index (χ0) is 12.8. The maximum absolute atomic E-state index is 4.25. The van der Waals surface area contributed by atoms with E-state index in [0.29, 0.717) is 0 Å². The second-order valence-electron chi connectivity index (χ2n) is 4.30. The van der Waals surface area contributed by atoms with E-state index in [-0.39, 0.29) is 0 Å². The van der Waals surface area contributed by atoms with Gasteiger partial charge in [0.25, 0.3) is 0 Å². The van der Waals surface area contributed by atoms with Crippen LogP contribution in [0.1, 0.15) is 23.4 Å². The van der Waals surface area contributed by atoms with Crippen LogP contribution < -0.4 is 10.6 Å². The van der Waals surface area contributed by atoms with Crippen molar-refractivity contribution in [3.05, 3.63) is 16.1 Å². The van der Waals surface area contributed by atoms with Crippen LogP contribution in [0.15, 0.2) is 10.5 Å². The first-order valence-electron chi connectivity index (χ1n) is 6.24. The molecule has 18 heavy (non-hydrogen) atoms. The SMILES string of the molecule is CN=C(NCc1scnc1C)NCC1CCCS1. The molecule has 1 unspecified atom stereocenters. The summed E-state index contributed by atoms with van der Waals surface area (Å²) in [7, 11) is 1.82. The van der Waals surface area contributed by atoms with E-state index in [9.17, 15) is 0 Å². The average Bonchev–Trinajstić information content (AvgIpc) is 3.01. The van der Waals surface area contributed by atoms with Gasteiger partial charge in [0.15, 0.2) is 5.96 Å². The third-order valence-corrected chi connectivity index (χ3v) is 5.34. The van der Waals surface area contributed by atoms with Crippen LogP contribution in [0.2, 0.25) is 0 Å². The minimum absolute atomic E-state index is 0.744. The molecular weight excluding hydrogens is 264 g/mol. The van der Waals surface area contributed by atoms with E-state index >= 15 is 0 Å². The predicted octanol–water partition coefficient (Wildman–Crippen LogP) is 2.01. The molecule has 2 heterocycles. The molecule has 2 rings (SSSR count). The van der Waals surface area contributed by atoms with Gasteiger partial charge in [0.1, 0.15) is 0 Å². The first kappa shape index (κ1) is 13.7. The van der Waals surface area contributed by atoms with E-state index in [4.69, 9.17) is 0 Å². The standard InChI is InChI=1S/C12H20N4S2/c1-9-11(18-8-16-9)7-15-12(13-2)14-6-10-4-3-5-17-10/h8,10H,3-7H2,1-2H3,(H2,13,14,15). The van der Waals surface area contributed by atoms with E-state index in [1.807, 2.05) is 19.5 Å². The van der Waals surface area contributed by atoms with Gasteiger partial charge >= 0.3 is 0 Å². The van der Waals surface area contributed by atoms with Crippen LogP contribution in [-0.4, -0.2) is 35.5 Å². The molecule has 0 aromatic carbocycles. The second kappa shape index (κ2) is 6.99. The Morgan fingerprint density at radius 1 is 1.56 bits per heavy atom. The predicted molar refractivity (Wildman–Crippen MR) is 80.5 cm³/mol. The number of nitrogens with one attached hydrogen (secondary N) is 2. The Labute approximate surface area is 117 Å². The molecule has 1 fully saturated rings. The fraction of sp³-hybridized carbons (Fsp3) is 0.667. The number of aromatic nitrogens is 1. The molecular formula is C12H20N4S2. The topological polar surface area (TPSA) is 49.3 Å². The number of hydrogen-bond acceptors (Lipinski definition) is 4. The number of thioether (sulfide) groups is 1. The van der Waals surface area contributed by atoms with E-state index in [0.717, 1.165) is 30.0 Å². The van der Waals surface area contributed by atoms with E-state index in [2.05, 4.69) is 32.4 Å². The van der Waals surface area contributed by atoms with Crippen molar-refractivity contribution in [2.24, 2.45) is 4.99 Å². The summed E-state index contributed by atoms with van der Waals surface area (Å²) < 4.78 is 0. The molecule has 0 radical (unpaired) electrons. The largest absolute Gasteiger partial charge is 0.355 e. The van der Waals surface area contributed by atoms with Gasteiger partial charge in [0.2, 0.25) is 0 Å². The summed E-state index contributed by atoms with van der Waals surface area (Å²) in [6.07, 6.45) is 2.67. The minimum Gasteiger partial charge on any atom is -0.355 e. The molecule has 0 bridgehead atoms. The smallest absolute Gasteiger partial charge is 0.191 e. The molecule has 0 spiro atoms. The number of nitrogens with zero attached hydrogens (tertiary/aromatic N) is 2. The van der Waals surface area contributed by atoms with Crippen molar-refractivity contribution in [2.75, 3.05) is 19.3 Å². The lowest BCUT2D eigenvalue weighted by Crippen LogP contribution is -2.39. The summed E-state index contributed by atoms with van der Waals surface area (Å²) in [5, 5.41) is 7.48. The summed E-state index contributed by atoms with van der Waals surface area (Å²) in [6, 6.07) is 0. The number of aliphatic imine (C=N–C) groups is 1. The van der Waals surface area contributed by atoms with Gasteiger partial charge < -0.3 is 10.6 Å². The van der Waals surface area contributed by atoms with Gasteiger partial charge in [-0.25, -0.2) is 4.98 Å². The van der Waals surface area contributed by atoms with Crippen molar-refractivity contribution >= 4 is 29.1 Å². The lowest BCUT2D eigenvalue weighted by atomic mass is 10.2. The zero-order valence-electron chi connectivity index (χ0n) is 10.9. The molecule has 2 N–H and O–H groups in total. The Morgan fingerprint density at radius 2 is 2.44 bits per heavy atom. The number of rotatable bonds is 4. The molecule has 1 aromatic heterocycles. The van der Waals surface area contributed by atoms with Crippen molar-refractivity contribution in [1.29, 1.82) is 0 Å². The summed E-state index contributed by atoms with van der Waals surface area (Å²) >= 11 is 3.74. The highest BCUT2D eigenvalue weighted by molar-refractivity contribution is 8.00. The van der Waals surface area contributed by atoms with E-state index in [1.165, 1.54) is 23.5 Å². The molecule has 1 aliphatic heterocycles. The van der Waals surface area contributed by atoms with Crippen LogP contribution in [0, 0.1) is 6.92 Å². The average molecular weight is 284 g/mol. The third kappa shape index (κ3) is 3.88. The first-order chi connectivity index (χ1) is 8.79. The van der Waals surface area contributed by atoms with Crippen LogP contribution >= 0.6 is 23.1 Å². The second-order valence-corrected chi connectivity index (χ2v) is 6.65. The monoisotopic (exact) mass is 284 g/mol. The van der Waals surface area contributed by atoms with Crippen molar-refractivity contribution in [3.8, 4) is 0 Å². The highest BCUT2D eigenvalue weighted by Crippen LogP contribution is 2.25. The van der Waals surface area contributed by atoms with Gasteiger partial charge in [-0.05, 0) is 25.5 Å². The number of hydrogen-bond donors (Lipinski definition) is 2. The Morgan fingerprint density at radius 3 is 3.06 bits per heavy atom. The Kier molecular flexibility index (Phi) is 5.31. The van der Waals surface area contributed by atoms with Gasteiger partial charge in [-0.1, -0.05) is 0 Å². The lowest BCUT2D eigenvalue weighted by molar-refractivity contribution is 0.726. The summed E-state index contributed by atoms with van der Waals surface area (Å²) in [6.45, 7) is 3.85. The lowest BCUT2D eigenvalue weighted by Gasteiger charge is -2.14. The van der Waals surface area contributed by atoms with Crippen molar-refractivity contribution < 1.29 is 0 Å². The highest BCUT2D eigenvalue weighted by atomic mass is 32.2. The molecule has 1 aliphatic rings. The zero-order valence-corrected chi connectivity index (χ0v) is 12.5. The Hall–Kier alpha value is -0.750. The number of guanidine groups is 1. The number of aryl methyl sites for hydroxylation is 1. The summed E-state index contributed by atoms with van der Waals surface area (Å²) in [4.78, 5) is 9.76. The van der Waals surface area contributed by atoms with Crippen LogP contribution in [0.25, 0.3) is 0 Å². The quantitative estimate of drug-likeness (QED) is 0.656. The van der Waals surface area contributed by atoms with Gasteiger partial charge in [0.05, 0.1) is 17.7 Å². The van der Waals surface area contributed by atoms with Crippen molar-refractivity contribution in [3.63, 3.8) is 0 Å². The molecule has 1 saturated heterocycles. The fourth-order valence-electron chi connectivity index (χ4n) is 1.90. The van der Waals surface area contributed by atoms with E-state index < -0.39 is 0 Å². The van der Waals surface area contributed by atoms with Crippen molar-refractivity contribution in [1.82, 2.24) is 15.6 Å². The normalized spacial score (nSPS) is 20.1. The van der Waals surface area contributed by atoms with Gasteiger partial charge in [0, 0.05) is 23.7 Å². The van der Waals surface area contributed by atoms with E-state index in [1.54, 1.807) is 11.3 Å². The molecule has 0 saturated carbocycles. The Bertz CT molecular complexity index is 397. The van der Waals surface area contributed by atoms with Crippen LogP contribution in [0.3, 0.4) is 0 Å². The van der Waals surface area contributed by atoms with Gasteiger partial charge in [-0.3, -0.25) is 4.99 Å². The van der Waals surface area contributed by atoms with Crippen LogP contribution in [0.5, 0.6) is 0 Å². The molecule has 0 aliphatic carbocycles. The third-order valence-electron chi connectivity index (χ3n) is 3.01. The van der Waals surface area contributed by atoms with Crippen LogP contribution in [0.4, 0.5) is 0 Å². The molecule has 4 nitrogen and oxygen atoms in total.